The van der Waals surface area contributed by atoms with Gasteiger partial charge in [-0.2, -0.15) is 0 Å². The van der Waals surface area contributed by atoms with Gasteiger partial charge in [-0.05, 0) is 50.2 Å². The van der Waals surface area contributed by atoms with E-state index in [1.165, 1.54) is 30.5 Å². The third kappa shape index (κ3) is 4.84. The minimum absolute atomic E-state index is 0.210. The number of carbonyl (C=O) groups is 2. The van der Waals surface area contributed by atoms with Crippen molar-refractivity contribution < 1.29 is 23.1 Å². The van der Waals surface area contributed by atoms with E-state index in [2.05, 4.69) is 10.6 Å². The van der Waals surface area contributed by atoms with E-state index in [4.69, 9.17) is 9.15 Å². The fourth-order valence-electron chi connectivity index (χ4n) is 1.90. The number of halogens is 1. The SMILES string of the molecule is CC(C)(Oc1ccc(F)cc1)C(=O)NCCNC(=O)c1ccco1. The van der Waals surface area contributed by atoms with E-state index in [1.807, 2.05) is 0 Å². The maximum Gasteiger partial charge on any atom is 0.287 e. The van der Waals surface area contributed by atoms with Gasteiger partial charge >= 0.3 is 0 Å². The molecule has 6 nitrogen and oxygen atoms in total. The Hall–Kier alpha value is -2.83. The van der Waals surface area contributed by atoms with Gasteiger partial charge in [0.25, 0.3) is 11.8 Å². The van der Waals surface area contributed by atoms with Crippen molar-refractivity contribution >= 4 is 11.8 Å². The van der Waals surface area contributed by atoms with E-state index < -0.39 is 5.60 Å². The molecule has 0 radical (unpaired) electrons. The van der Waals surface area contributed by atoms with Gasteiger partial charge in [0.2, 0.25) is 0 Å². The molecule has 0 spiro atoms. The lowest BCUT2D eigenvalue weighted by Crippen LogP contribution is -2.48. The molecule has 0 aliphatic rings. The molecule has 1 aromatic carbocycles. The lowest BCUT2D eigenvalue weighted by Gasteiger charge is -2.25. The van der Waals surface area contributed by atoms with Gasteiger partial charge in [0.1, 0.15) is 11.6 Å². The van der Waals surface area contributed by atoms with Crippen LogP contribution in [0.3, 0.4) is 0 Å². The molecule has 2 N–H and O–H groups in total. The third-order valence-corrected chi connectivity index (χ3v) is 3.17. The number of benzene rings is 1. The average molecular weight is 334 g/mol. The summed E-state index contributed by atoms with van der Waals surface area (Å²) in [5, 5.41) is 5.29. The van der Waals surface area contributed by atoms with E-state index >= 15 is 0 Å². The molecule has 128 valence electrons. The van der Waals surface area contributed by atoms with Crippen LogP contribution < -0.4 is 15.4 Å². The second-order valence-corrected chi connectivity index (χ2v) is 5.56. The van der Waals surface area contributed by atoms with Gasteiger partial charge in [0.05, 0.1) is 6.26 Å². The lowest BCUT2D eigenvalue weighted by molar-refractivity contribution is -0.134. The van der Waals surface area contributed by atoms with Crippen LogP contribution in [0.4, 0.5) is 4.39 Å². The first-order valence-electron chi connectivity index (χ1n) is 7.43. The van der Waals surface area contributed by atoms with Gasteiger partial charge in [-0.3, -0.25) is 9.59 Å². The summed E-state index contributed by atoms with van der Waals surface area (Å²) in [6.07, 6.45) is 1.41. The van der Waals surface area contributed by atoms with Crippen LogP contribution in [0, 0.1) is 5.82 Å². The van der Waals surface area contributed by atoms with Crippen LogP contribution in [0.15, 0.2) is 47.1 Å². The van der Waals surface area contributed by atoms with Crippen LogP contribution in [0.25, 0.3) is 0 Å². The Morgan fingerprint density at radius 2 is 1.79 bits per heavy atom. The minimum Gasteiger partial charge on any atom is -0.478 e. The molecule has 7 heteroatoms. The van der Waals surface area contributed by atoms with E-state index in [-0.39, 0.29) is 36.5 Å². The summed E-state index contributed by atoms with van der Waals surface area (Å²) in [6, 6.07) is 8.59. The number of nitrogens with one attached hydrogen (secondary N) is 2. The van der Waals surface area contributed by atoms with E-state index in [0.717, 1.165) is 0 Å². The first kappa shape index (κ1) is 17.5. The molecular formula is C17H19FN2O4. The molecule has 0 saturated carbocycles. The maximum absolute atomic E-state index is 12.9. The summed E-state index contributed by atoms with van der Waals surface area (Å²) < 4.78 is 23.4. The Bertz CT molecular complexity index is 681. The molecule has 0 fully saturated rings. The summed E-state index contributed by atoms with van der Waals surface area (Å²) in [7, 11) is 0. The zero-order valence-electron chi connectivity index (χ0n) is 13.5. The van der Waals surface area contributed by atoms with Gasteiger partial charge in [-0.1, -0.05) is 0 Å². The van der Waals surface area contributed by atoms with Crippen LogP contribution >= 0.6 is 0 Å². The van der Waals surface area contributed by atoms with Crippen molar-refractivity contribution in [2.24, 2.45) is 0 Å². The molecule has 2 aromatic rings. The number of carbonyl (C=O) groups excluding carboxylic acids is 2. The fraction of sp³-hybridized carbons (Fsp3) is 0.294. The molecule has 0 aliphatic heterocycles. The molecule has 24 heavy (non-hydrogen) atoms. The molecule has 1 heterocycles. The highest BCUT2D eigenvalue weighted by Crippen LogP contribution is 2.18. The molecule has 1 aromatic heterocycles. The predicted molar refractivity (Wildman–Crippen MR) is 85.2 cm³/mol. The predicted octanol–water partition coefficient (Wildman–Crippen LogP) is 2.12. The number of rotatable bonds is 7. The molecule has 0 unspecified atom stereocenters. The quantitative estimate of drug-likeness (QED) is 0.760. The summed E-state index contributed by atoms with van der Waals surface area (Å²) in [4.78, 5) is 23.8. The van der Waals surface area contributed by atoms with Crippen LogP contribution in [-0.2, 0) is 4.79 Å². The Labute approximate surface area is 139 Å². The Morgan fingerprint density at radius 1 is 1.12 bits per heavy atom. The first-order chi connectivity index (χ1) is 11.4. The minimum atomic E-state index is -1.14. The van der Waals surface area contributed by atoms with Crippen molar-refractivity contribution in [1.29, 1.82) is 0 Å². The van der Waals surface area contributed by atoms with Gasteiger partial charge < -0.3 is 19.8 Å². The zero-order chi connectivity index (χ0) is 17.6. The van der Waals surface area contributed by atoms with Crippen molar-refractivity contribution in [3.8, 4) is 5.75 Å². The largest absolute Gasteiger partial charge is 0.478 e. The van der Waals surface area contributed by atoms with E-state index in [0.29, 0.717) is 5.75 Å². The van der Waals surface area contributed by atoms with Crippen molar-refractivity contribution in [1.82, 2.24) is 10.6 Å². The highest BCUT2D eigenvalue weighted by molar-refractivity contribution is 5.91. The molecule has 0 saturated heterocycles. The van der Waals surface area contributed by atoms with Crippen molar-refractivity contribution in [3.05, 3.63) is 54.2 Å². The van der Waals surface area contributed by atoms with Crippen LogP contribution in [0.1, 0.15) is 24.4 Å². The molecular weight excluding hydrogens is 315 g/mol. The fourth-order valence-corrected chi connectivity index (χ4v) is 1.90. The average Bonchev–Trinajstić information content (AvgIpc) is 3.07. The monoisotopic (exact) mass is 334 g/mol. The highest BCUT2D eigenvalue weighted by atomic mass is 19.1. The standard InChI is InChI=1S/C17H19FN2O4/c1-17(2,24-13-7-5-12(18)6-8-13)16(22)20-10-9-19-15(21)14-4-3-11-23-14/h3-8,11H,9-10H2,1-2H3,(H,19,21)(H,20,22). The summed E-state index contributed by atoms with van der Waals surface area (Å²) in [6.45, 7) is 3.69. The van der Waals surface area contributed by atoms with Crippen LogP contribution in [0.2, 0.25) is 0 Å². The Kier molecular flexibility index (Phi) is 5.57. The number of hydrogen-bond acceptors (Lipinski definition) is 4. The Balaban J connectivity index is 1.76. The molecule has 2 amide bonds. The number of furan rings is 1. The number of hydrogen-bond donors (Lipinski definition) is 2. The van der Waals surface area contributed by atoms with Gasteiger partial charge in [0.15, 0.2) is 11.4 Å². The summed E-state index contributed by atoms with van der Waals surface area (Å²) in [5.74, 6) is -0.476. The molecule has 0 bridgehead atoms. The van der Waals surface area contributed by atoms with Gasteiger partial charge in [-0.25, -0.2) is 4.39 Å². The van der Waals surface area contributed by atoms with Crippen molar-refractivity contribution in [3.63, 3.8) is 0 Å². The second-order valence-electron chi connectivity index (χ2n) is 5.56. The van der Waals surface area contributed by atoms with E-state index in [1.54, 1.807) is 26.0 Å². The highest BCUT2D eigenvalue weighted by Gasteiger charge is 2.29. The van der Waals surface area contributed by atoms with Crippen molar-refractivity contribution in [2.45, 2.75) is 19.4 Å². The number of amides is 2. The first-order valence-corrected chi connectivity index (χ1v) is 7.43. The van der Waals surface area contributed by atoms with Gasteiger partial charge in [0, 0.05) is 13.1 Å². The van der Waals surface area contributed by atoms with Gasteiger partial charge in [-0.15, -0.1) is 0 Å². The van der Waals surface area contributed by atoms with E-state index in [9.17, 15) is 14.0 Å². The smallest absolute Gasteiger partial charge is 0.287 e. The normalized spacial score (nSPS) is 11.0. The third-order valence-electron chi connectivity index (χ3n) is 3.17. The molecule has 2 rings (SSSR count). The Morgan fingerprint density at radius 3 is 2.42 bits per heavy atom. The maximum atomic E-state index is 12.9. The second kappa shape index (κ2) is 7.63. The topological polar surface area (TPSA) is 80.6 Å². The lowest BCUT2D eigenvalue weighted by atomic mass is 10.1. The summed E-state index contributed by atoms with van der Waals surface area (Å²) >= 11 is 0. The van der Waals surface area contributed by atoms with Crippen molar-refractivity contribution in [2.75, 3.05) is 13.1 Å². The summed E-state index contributed by atoms with van der Waals surface area (Å²) in [5.41, 5.74) is -1.14. The number of ether oxygens (including phenoxy) is 1. The molecule has 0 atom stereocenters. The molecule has 0 aliphatic carbocycles. The van der Waals surface area contributed by atoms with Crippen LogP contribution in [0.5, 0.6) is 5.75 Å². The van der Waals surface area contributed by atoms with Crippen LogP contribution in [-0.4, -0.2) is 30.5 Å². The zero-order valence-corrected chi connectivity index (χ0v) is 13.5.